The highest BCUT2D eigenvalue weighted by Gasteiger charge is 2.65. The van der Waals surface area contributed by atoms with E-state index in [0.717, 1.165) is 18.8 Å². The molecule has 10 atom stereocenters. The van der Waals surface area contributed by atoms with Gasteiger partial charge < -0.3 is 14.6 Å². The highest BCUT2D eigenvalue weighted by molar-refractivity contribution is 5.66. The zero-order valence-electron chi connectivity index (χ0n) is 23.7. The zero-order valence-corrected chi connectivity index (χ0v) is 23.7. The van der Waals surface area contributed by atoms with Crippen LogP contribution in [-0.4, -0.2) is 35.4 Å². The van der Waals surface area contributed by atoms with Gasteiger partial charge in [0.2, 0.25) is 0 Å². The summed E-state index contributed by atoms with van der Waals surface area (Å²) in [4.78, 5) is 24.0. The van der Waals surface area contributed by atoms with E-state index in [1.54, 1.807) is 0 Å². The number of rotatable bonds is 7. The van der Waals surface area contributed by atoms with Crippen molar-refractivity contribution in [2.45, 2.75) is 125 Å². The number of carbonyl (C=O) groups is 2. The molecule has 0 aromatic heterocycles. The van der Waals surface area contributed by atoms with Gasteiger partial charge in [0, 0.05) is 38.0 Å². The fraction of sp³-hybridized carbons (Fsp3) is 0.871. The predicted molar refractivity (Wildman–Crippen MR) is 141 cm³/mol. The molecule has 0 saturated heterocycles. The first kappa shape index (κ1) is 27.7. The predicted octanol–water partition coefficient (Wildman–Crippen LogP) is 6.47. The van der Waals surface area contributed by atoms with Crippen LogP contribution < -0.4 is 0 Å². The van der Waals surface area contributed by atoms with Crippen LogP contribution in [0, 0.1) is 46.3 Å². The van der Waals surface area contributed by atoms with E-state index in [1.807, 2.05) is 0 Å². The fourth-order valence-corrected chi connectivity index (χ4v) is 9.44. The summed E-state index contributed by atoms with van der Waals surface area (Å²) in [6.07, 6.45) is 10.5. The summed E-state index contributed by atoms with van der Waals surface area (Å²) in [6.45, 7) is 14.7. The maximum absolute atomic E-state index is 12.4. The first-order valence-corrected chi connectivity index (χ1v) is 14.6. The van der Waals surface area contributed by atoms with Crippen molar-refractivity contribution in [2.24, 2.45) is 46.3 Å². The molecule has 0 heterocycles. The molecule has 0 aromatic rings. The van der Waals surface area contributed by atoms with Crippen LogP contribution in [0.3, 0.4) is 0 Å². The van der Waals surface area contributed by atoms with E-state index in [-0.39, 0.29) is 35.5 Å². The van der Waals surface area contributed by atoms with Gasteiger partial charge in [-0.1, -0.05) is 65.5 Å². The Morgan fingerprint density at radius 1 is 1.08 bits per heavy atom. The largest absolute Gasteiger partial charge is 0.462 e. The minimum atomic E-state index is -0.621. The van der Waals surface area contributed by atoms with E-state index in [2.05, 4.69) is 40.7 Å². The Bertz CT molecular complexity index is 863. The van der Waals surface area contributed by atoms with E-state index in [4.69, 9.17) is 9.47 Å². The van der Waals surface area contributed by atoms with Crippen LogP contribution in [0.25, 0.3) is 0 Å². The minimum Gasteiger partial charge on any atom is -0.462 e. The first-order valence-electron chi connectivity index (χ1n) is 14.6. The molecule has 3 fully saturated rings. The lowest BCUT2D eigenvalue weighted by Gasteiger charge is -2.61. The van der Waals surface area contributed by atoms with E-state index < -0.39 is 11.5 Å². The van der Waals surface area contributed by atoms with Crippen molar-refractivity contribution in [3.63, 3.8) is 0 Å². The molecule has 0 amide bonds. The molecular formula is C31H50O5. The molecule has 204 valence electrons. The lowest BCUT2D eigenvalue weighted by atomic mass is 9.45. The third-order valence-corrected chi connectivity index (χ3v) is 10.9. The normalized spacial score (nSPS) is 42.6. The summed E-state index contributed by atoms with van der Waals surface area (Å²) in [6, 6.07) is 0. The summed E-state index contributed by atoms with van der Waals surface area (Å²) >= 11 is 0. The van der Waals surface area contributed by atoms with Gasteiger partial charge in [0.25, 0.3) is 0 Å². The Balaban J connectivity index is 1.63. The Hall–Kier alpha value is -1.36. The summed E-state index contributed by atoms with van der Waals surface area (Å²) in [5.74, 6) is 2.63. The molecule has 36 heavy (non-hydrogen) atoms. The maximum Gasteiger partial charge on any atom is 0.302 e. The van der Waals surface area contributed by atoms with Crippen molar-refractivity contribution in [2.75, 3.05) is 0 Å². The molecular weight excluding hydrogens is 452 g/mol. The number of aliphatic hydroxyl groups excluding tert-OH is 1. The number of hydrogen-bond acceptors (Lipinski definition) is 5. The lowest BCUT2D eigenvalue weighted by molar-refractivity contribution is -0.189. The van der Waals surface area contributed by atoms with Gasteiger partial charge in [-0.3, -0.25) is 9.59 Å². The van der Waals surface area contributed by atoms with Gasteiger partial charge in [0.1, 0.15) is 12.2 Å². The second kappa shape index (κ2) is 10.4. The average molecular weight is 503 g/mol. The summed E-state index contributed by atoms with van der Waals surface area (Å²) in [5.41, 5.74) is 0.883. The topological polar surface area (TPSA) is 72.8 Å². The molecule has 1 N–H and O–H groups in total. The molecule has 5 heteroatoms. The second-order valence-corrected chi connectivity index (χ2v) is 13.6. The second-order valence-electron chi connectivity index (χ2n) is 13.6. The SMILES string of the molecule is CC(=O)O[C@H]1CC2=CC[C@@H]3[C@H]([C@H](OC(C)=O)C[C@]4(C)[C@@H]([C@H](C)CCCC(C)C)CC[C@@H]34)[C@@]2(C)[C@@H](O)C1. The molecule has 0 aromatic carbocycles. The number of allylic oxidation sites excluding steroid dienone is 1. The van der Waals surface area contributed by atoms with Crippen LogP contribution in [0.1, 0.15) is 106 Å². The standard InChI is InChI=1S/C31H50O5/c1-18(2)9-8-10-19(3)25-13-14-26-24-12-11-22-15-23(35-20(4)32)16-28(34)31(22,7)29(24)27(36-21(5)33)17-30(25,26)6/h11,18-19,23-29,34H,8-10,12-17H2,1-7H3/t19-,23+,24+,25-,26+,27-,28+,29-,30-,31-/m1/s1. The third-order valence-electron chi connectivity index (χ3n) is 10.9. The Morgan fingerprint density at radius 3 is 2.42 bits per heavy atom. The summed E-state index contributed by atoms with van der Waals surface area (Å²) < 4.78 is 11.7. The van der Waals surface area contributed by atoms with E-state index >= 15 is 0 Å². The number of fused-ring (bicyclic) bond motifs is 5. The molecule has 0 aliphatic heterocycles. The molecule has 4 aliphatic rings. The van der Waals surface area contributed by atoms with Gasteiger partial charge in [-0.05, 0) is 60.7 Å². The van der Waals surface area contributed by atoms with Crippen LogP contribution in [0.2, 0.25) is 0 Å². The Labute approximate surface area is 218 Å². The average Bonchev–Trinajstić information content (AvgIpc) is 3.10. The molecule has 4 aliphatic carbocycles. The van der Waals surface area contributed by atoms with Gasteiger partial charge in [0.15, 0.2) is 0 Å². The smallest absolute Gasteiger partial charge is 0.302 e. The zero-order chi connectivity index (χ0) is 26.4. The summed E-state index contributed by atoms with van der Waals surface area (Å²) in [5, 5.41) is 11.6. The molecule has 0 unspecified atom stereocenters. The van der Waals surface area contributed by atoms with Crippen molar-refractivity contribution in [3.05, 3.63) is 11.6 Å². The van der Waals surface area contributed by atoms with Crippen LogP contribution >= 0.6 is 0 Å². The van der Waals surface area contributed by atoms with E-state index in [1.165, 1.54) is 51.5 Å². The molecule has 0 spiro atoms. The molecule has 5 nitrogen and oxygen atoms in total. The molecule has 4 rings (SSSR count). The van der Waals surface area contributed by atoms with Crippen molar-refractivity contribution in [3.8, 4) is 0 Å². The molecule has 3 saturated carbocycles. The monoisotopic (exact) mass is 502 g/mol. The number of ether oxygens (including phenoxy) is 2. The lowest BCUT2D eigenvalue weighted by Crippen LogP contribution is -2.61. The summed E-state index contributed by atoms with van der Waals surface area (Å²) in [7, 11) is 0. The van der Waals surface area contributed by atoms with Gasteiger partial charge in [-0.25, -0.2) is 0 Å². The van der Waals surface area contributed by atoms with Gasteiger partial charge in [-0.15, -0.1) is 0 Å². The molecule has 0 bridgehead atoms. The van der Waals surface area contributed by atoms with E-state index in [0.29, 0.717) is 36.5 Å². The minimum absolute atomic E-state index is 0.0998. The van der Waals surface area contributed by atoms with Gasteiger partial charge >= 0.3 is 11.9 Å². The number of esters is 2. The highest BCUT2D eigenvalue weighted by Crippen LogP contribution is 2.68. The Morgan fingerprint density at radius 2 is 1.78 bits per heavy atom. The van der Waals surface area contributed by atoms with Crippen molar-refractivity contribution in [1.82, 2.24) is 0 Å². The molecule has 0 radical (unpaired) electrons. The fourth-order valence-electron chi connectivity index (χ4n) is 9.44. The van der Waals surface area contributed by atoms with Crippen LogP contribution in [-0.2, 0) is 19.1 Å². The van der Waals surface area contributed by atoms with Crippen LogP contribution in [0.4, 0.5) is 0 Å². The van der Waals surface area contributed by atoms with Crippen LogP contribution in [0.5, 0.6) is 0 Å². The Kier molecular flexibility index (Phi) is 8.01. The van der Waals surface area contributed by atoms with Crippen molar-refractivity contribution < 1.29 is 24.2 Å². The number of carbonyl (C=O) groups excluding carboxylic acids is 2. The number of aliphatic hydroxyl groups is 1. The van der Waals surface area contributed by atoms with Crippen molar-refractivity contribution >= 4 is 11.9 Å². The van der Waals surface area contributed by atoms with Gasteiger partial charge in [0.05, 0.1) is 6.10 Å². The quantitative estimate of drug-likeness (QED) is 0.319. The van der Waals surface area contributed by atoms with Crippen LogP contribution in [0.15, 0.2) is 11.6 Å². The van der Waals surface area contributed by atoms with Crippen molar-refractivity contribution in [1.29, 1.82) is 0 Å². The number of hydrogen-bond donors (Lipinski definition) is 1. The van der Waals surface area contributed by atoms with E-state index in [9.17, 15) is 14.7 Å². The highest BCUT2D eigenvalue weighted by atomic mass is 16.5. The first-order chi connectivity index (χ1) is 16.9. The maximum atomic E-state index is 12.4. The van der Waals surface area contributed by atoms with Gasteiger partial charge in [-0.2, -0.15) is 0 Å². The third kappa shape index (κ3) is 4.90.